The number of nitrogens with one attached hydrogen (secondary N) is 1. The van der Waals surface area contributed by atoms with Crippen molar-refractivity contribution < 1.29 is 4.79 Å². The number of thiophene rings is 1. The number of carbonyl (C=O) groups is 1. The molecule has 0 aliphatic carbocycles. The Morgan fingerprint density at radius 3 is 2.67 bits per heavy atom. The molecule has 3 nitrogen and oxygen atoms in total. The molecule has 1 amide bonds. The number of carbonyl (C=O) groups excluding carboxylic acids is 1. The average Bonchev–Trinajstić information content (AvgIpc) is 2.78. The van der Waals surface area contributed by atoms with Gasteiger partial charge in [0.25, 0.3) is 5.91 Å². The molecule has 0 spiro atoms. The van der Waals surface area contributed by atoms with E-state index in [1.54, 1.807) is 6.21 Å². The molecular weight excluding hydrogens is 244 g/mol. The molecule has 1 aromatic heterocycles. The summed E-state index contributed by atoms with van der Waals surface area (Å²) < 4.78 is 0. The Kier molecular flexibility index (Phi) is 3.89. The second kappa shape index (κ2) is 5.60. The van der Waals surface area contributed by atoms with Crippen LogP contribution < -0.4 is 5.43 Å². The molecule has 1 N–H and O–H groups in total. The van der Waals surface area contributed by atoms with Crippen LogP contribution in [-0.4, -0.2) is 12.1 Å². The maximum absolute atomic E-state index is 11.8. The van der Waals surface area contributed by atoms with Gasteiger partial charge in [-0.05, 0) is 42.0 Å². The van der Waals surface area contributed by atoms with E-state index in [4.69, 9.17) is 0 Å². The summed E-state index contributed by atoms with van der Waals surface area (Å²) in [5.74, 6) is -0.160. The van der Waals surface area contributed by atoms with Crippen LogP contribution in [0, 0.1) is 13.8 Å². The first-order chi connectivity index (χ1) is 8.68. The summed E-state index contributed by atoms with van der Waals surface area (Å²) in [5.41, 5.74) is 5.65. The quantitative estimate of drug-likeness (QED) is 0.667. The highest BCUT2D eigenvalue weighted by Gasteiger charge is 2.08. The van der Waals surface area contributed by atoms with Gasteiger partial charge in [0.1, 0.15) is 0 Å². The third-order valence-corrected chi connectivity index (χ3v) is 3.64. The van der Waals surface area contributed by atoms with Gasteiger partial charge in [-0.25, -0.2) is 5.43 Å². The second-order valence-electron chi connectivity index (χ2n) is 3.99. The SMILES string of the molecule is Cc1ccccc1/C=N\NC(=O)c1sccc1C. The number of hydrogen-bond donors (Lipinski definition) is 1. The van der Waals surface area contributed by atoms with Crippen molar-refractivity contribution in [2.24, 2.45) is 5.10 Å². The monoisotopic (exact) mass is 258 g/mol. The molecule has 0 bridgehead atoms. The van der Waals surface area contributed by atoms with Crippen molar-refractivity contribution in [1.82, 2.24) is 5.43 Å². The lowest BCUT2D eigenvalue weighted by molar-refractivity contribution is 0.0958. The predicted molar refractivity (Wildman–Crippen MR) is 75.3 cm³/mol. The minimum Gasteiger partial charge on any atom is -0.266 e. The predicted octanol–water partition coefficient (Wildman–Crippen LogP) is 3.13. The maximum atomic E-state index is 11.8. The van der Waals surface area contributed by atoms with Gasteiger partial charge in [-0.2, -0.15) is 5.10 Å². The van der Waals surface area contributed by atoms with E-state index in [9.17, 15) is 4.79 Å². The number of nitrogens with zero attached hydrogens (tertiary/aromatic N) is 1. The molecule has 0 aliphatic heterocycles. The van der Waals surface area contributed by atoms with Crippen molar-refractivity contribution in [1.29, 1.82) is 0 Å². The van der Waals surface area contributed by atoms with Gasteiger partial charge in [-0.3, -0.25) is 4.79 Å². The number of hydrogen-bond acceptors (Lipinski definition) is 3. The largest absolute Gasteiger partial charge is 0.281 e. The summed E-state index contributed by atoms with van der Waals surface area (Å²) in [6.07, 6.45) is 1.66. The van der Waals surface area contributed by atoms with Crippen molar-refractivity contribution in [3.8, 4) is 0 Å². The molecule has 0 unspecified atom stereocenters. The second-order valence-corrected chi connectivity index (χ2v) is 4.90. The fraction of sp³-hybridized carbons (Fsp3) is 0.143. The van der Waals surface area contributed by atoms with Gasteiger partial charge in [0, 0.05) is 0 Å². The fourth-order valence-corrected chi connectivity index (χ4v) is 2.36. The van der Waals surface area contributed by atoms with Crippen LogP contribution in [0.15, 0.2) is 40.8 Å². The van der Waals surface area contributed by atoms with Gasteiger partial charge in [0.15, 0.2) is 0 Å². The highest BCUT2D eigenvalue weighted by molar-refractivity contribution is 7.12. The van der Waals surface area contributed by atoms with Crippen molar-refractivity contribution in [3.63, 3.8) is 0 Å². The summed E-state index contributed by atoms with van der Waals surface area (Å²) >= 11 is 1.42. The average molecular weight is 258 g/mol. The molecule has 4 heteroatoms. The molecule has 1 aromatic carbocycles. The third kappa shape index (κ3) is 2.84. The van der Waals surface area contributed by atoms with E-state index in [0.717, 1.165) is 16.7 Å². The van der Waals surface area contributed by atoms with E-state index in [-0.39, 0.29) is 5.91 Å². The Balaban J connectivity index is 2.03. The van der Waals surface area contributed by atoms with Gasteiger partial charge in [0.05, 0.1) is 11.1 Å². The van der Waals surface area contributed by atoms with Crippen molar-refractivity contribution in [2.45, 2.75) is 13.8 Å². The summed E-state index contributed by atoms with van der Waals surface area (Å²) in [5, 5.41) is 5.88. The number of hydrazone groups is 1. The van der Waals surface area contributed by atoms with E-state index >= 15 is 0 Å². The van der Waals surface area contributed by atoms with Gasteiger partial charge in [-0.1, -0.05) is 24.3 Å². The van der Waals surface area contributed by atoms with E-state index in [0.29, 0.717) is 4.88 Å². The smallest absolute Gasteiger partial charge is 0.266 e. The number of amides is 1. The van der Waals surface area contributed by atoms with Crippen molar-refractivity contribution in [2.75, 3.05) is 0 Å². The molecule has 0 atom stereocenters. The van der Waals surface area contributed by atoms with Crippen LogP contribution in [-0.2, 0) is 0 Å². The lowest BCUT2D eigenvalue weighted by atomic mass is 10.1. The van der Waals surface area contributed by atoms with Gasteiger partial charge < -0.3 is 0 Å². The van der Waals surface area contributed by atoms with Crippen molar-refractivity contribution in [3.05, 3.63) is 57.3 Å². The Morgan fingerprint density at radius 1 is 1.22 bits per heavy atom. The topological polar surface area (TPSA) is 41.5 Å². The van der Waals surface area contributed by atoms with Gasteiger partial charge in [-0.15, -0.1) is 11.3 Å². The van der Waals surface area contributed by atoms with Crippen LogP contribution in [0.4, 0.5) is 0 Å². The summed E-state index contributed by atoms with van der Waals surface area (Å²) in [6, 6.07) is 9.80. The number of aryl methyl sites for hydroxylation is 2. The van der Waals surface area contributed by atoms with Crippen LogP contribution in [0.5, 0.6) is 0 Å². The Labute approximate surface area is 110 Å². The van der Waals surface area contributed by atoms with Crippen LogP contribution in [0.25, 0.3) is 0 Å². The first-order valence-corrected chi connectivity index (χ1v) is 6.49. The highest BCUT2D eigenvalue weighted by atomic mass is 32.1. The summed E-state index contributed by atoms with van der Waals surface area (Å²) in [7, 11) is 0. The molecule has 18 heavy (non-hydrogen) atoms. The minimum absolute atomic E-state index is 0.160. The molecular formula is C14H14N2OS. The van der Waals surface area contributed by atoms with E-state index in [2.05, 4.69) is 10.5 Å². The maximum Gasteiger partial charge on any atom is 0.281 e. The van der Waals surface area contributed by atoms with E-state index in [1.807, 2.05) is 49.6 Å². The zero-order valence-electron chi connectivity index (χ0n) is 10.3. The first-order valence-electron chi connectivity index (χ1n) is 5.61. The molecule has 0 saturated carbocycles. The molecule has 0 fully saturated rings. The highest BCUT2D eigenvalue weighted by Crippen LogP contribution is 2.14. The molecule has 1 heterocycles. The lowest BCUT2D eigenvalue weighted by Crippen LogP contribution is -2.17. The number of benzene rings is 1. The molecule has 92 valence electrons. The van der Waals surface area contributed by atoms with Crippen LogP contribution in [0.3, 0.4) is 0 Å². The number of rotatable bonds is 3. The van der Waals surface area contributed by atoms with Gasteiger partial charge in [0.2, 0.25) is 0 Å². The van der Waals surface area contributed by atoms with E-state index in [1.165, 1.54) is 11.3 Å². The van der Waals surface area contributed by atoms with Crippen LogP contribution >= 0.6 is 11.3 Å². The molecule has 2 rings (SSSR count). The lowest BCUT2D eigenvalue weighted by Gasteiger charge is -1.99. The normalized spacial score (nSPS) is 10.8. The summed E-state index contributed by atoms with van der Waals surface area (Å²) in [4.78, 5) is 12.5. The Bertz CT molecular complexity index is 587. The third-order valence-electron chi connectivity index (χ3n) is 2.63. The standard InChI is InChI=1S/C14H14N2OS/c1-10-5-3-4-6-12(10)9-15-16-14(17)13-11(2)7-8-18-13/h3-9H,1-2H3,(H,16,17)/b15-9-. The Hall–Kier alpha value is -1.94. The fourth-order valence-electron chi connectivity index (χ4n) is 1.55. The molecule has 0 aliphatic rings. The van der Waals surface area contributed by atoms with Gasteiger partial charge >= 0.3 is 0 Å². The minimum atomic E-state index is -0.160. The molecule has 2 aromatic rings. The van der Waals surface area contributed by atoms with Crippen LogP contribution in [0.2, 0.25) is 0 Å². The zero-order chi connectivity index (χ0) is 13.0. The van der Waals surface area contributed by atoms with Crippen molar-refractivity contribution >= 4 is 23.5 Å². The molecule has 0 radical (unpaired) electrons. The zero-order valence-corrected chi connectivity index (χ0v) is 11.1. The first kappa shape index (κ1) is 12.5. The summed E-state index contributed by atoms with van der Waals surface area (Å²) in [6.45, 7) is 3.92. The van der Waals surface area contributed by atoms with Crippen LogP contribution in [0.1, 0.15) is 26.4 Å². The Morgan fingerprint density at radius 2 is 2.00 bits per heavy atom. The van der Waals surface area contributed by atoms with E-state index < -0.39 is 0 Å². The molecule has 0 saturated heterocycles.